The van der Waals surface area contributed by atoms with Gasteiger partial charge in [-0.15, -0.1) is 0 Å². The number of aromatic nitrogens is 1. The number of ether oxygens (including phenoxy) is 1. The second-order valence-corrected chi connectivity index (χ2v) is 6.08. The molecule has 1 aliphatic rings. The summed E-state index contributed by atoms with van der Waals surface area (Å²) in [7, 11) is 0. The summed E-state index contributed by atoms with van der Waals surface area (Å²) in [4.78, 5) is 18.8. The molecule has 0 fully saturated rings. The van der Waals surface area contributed by atoms with Crippen LogP contribution in [-0.2, 0) is 6.54 Å². The number of carbonyl (C=O) groups excluding carboxylic acids is 1. The number of nitrogens with zero attached hydrogens (tertiary/aromatic N) is 2. The van der Waals surface area contributed by atoms with E-state index in [1.165, 1.54) is 11.8 Å². The molecule has 4 rings (SSSR count). The van der Waals surface area contributed by atoms with Crippen LogP contribution in [0.4, 0.5) is 0 Å². The quantitative estimate of drug-likeness (QED) is 0.733. The highest BCUT2D eigenvalue weighted by molar-refractivity contribution is 5.98. The Labute approximate surface area is 145 Å². The Balaban J connectivity index is 1.67. The number of amides is 1. The lowest BCUT2D eigenvalue weighted by Gasteiger charge is -2.18. The van der Waals surface area contributed by atoms with E-state index in [0.29, 0.717) is 36.9 Å². The van der Waals surface area contributed by atoms with Crippen molar-refractivity contribution in [2.24, 2.45) is 0 Å². The fourth-order valence-electron chi connectivity index (χ4n) is 2.93. The monoisotopic (exact) mass is 334 g/mol. The Kier molecular flexibility index (Phi) is 3.98. The van der Waals surface area contributed by atoms with Crippen LogP contribution in [0.25, 0.3) is 11.1 Å². The van der Waals surface area contributed by atoms with Crippen molar-refractivity contribution in [3.05, 3.63) is 71.9 Å². The molecule has 0 spiro atoms. The third-order valence-electron chi connectivity index (χ3n) is 4.31. The molecule has 1 amide bonds. The predicted octanol–water partition coefficient (Wildman–Crippen LogP) is 3.68. The minimum atomic E-state index is -0.0698. The molecule has 0 atom stereocenters. The first-order valence-corrected chi connectivity index (χ1v) is 8.22. The van der Waals surface area contributed by atoms with Gasteiger partial charge in [0.25, 0.3) is 5.91 Å². The van der Waals surface area contributed by atoms with E-state index in [4.69, 9.17) is 9.15 Å². The fourth-order valence-corrected chi connectivity index (χ4v) is 2.93. The van der Waals surface area contributed by atoms with Gasteiger partial charge in [0.2, 0.25) is 5.89 Å². The van der Waals surface area contributed by atoms with Crippen LogP contribution in [0.15, 0.2) is 59.3 Å². The van der Waals surface area contributed by atoms with Gasteiger partial charge in [0.1, 0.15) is 18.6 Å². The molecule has 0 saturated carbocycles. The molecule has 0 saturated heterocycles. The van der Waals surface area contributed by atoms with Crippen LogP contribution in [0.2, 0.25) is 0 Å². The standard InChI is InChI=1S/C20H18N2O3/c1-14-2-4-15(5-3-14)16-6-7-18-17(12-16)20(23)22(9-11-24-18)13-19-21-8-10-25-19/h2-8,10,12H,9,11,13H2,1H3. The first-order valence-electron chi connectivity index (χ1n) is 8.22. The molecule has 0 unspecified atom stereocenters. The largest absolute Gasteiger partial charge is 0.491 e. The third kappa shape index (κ3) is 3.13. The average Bonchev–Trinajstić information content (AvgIpc) is 3.09. The number of aryl methyl sites for hydroxylation is 1. The highest BCUT2D eigenvalue weighted by atomic mass is 16.5. The molecular formula is C20H18N2O3. The van der Waals surface area contributed by atoms with Gasteiger partial charge in [0, 0.05) is 0 Å². The molecule has 25 heavy (non-hydrogen) atoms. The Hall–Kier alpha value is -3.08. The van der Waals surface area contributed by atoms with Crippen molar-refractivity contribution in [2.45, 2.75) is 13.5 Å². The van der Waals surface area contributed by atoms with E-state index in [1.54, 1.807) is 11.1 Å². The molecule has 5 heteroatoms. The van der Waals surface area contributed by atoms with Gasteiger partial charge in [-0.25, -0.2) is 4.98 Å². The van der Waals surface area contributed by atoms with Crippen LogP contribution < -0.4 is 4.74 Å². The maximum atomic E-state index is 13.0. The van der Waals surface area contributed by atoms with Crippen LogP contribution in [0.3, 0.4) is 0 Å². The van der Waals surface area contributed by atoms with Crippen molar-refractivity contribution in [3.63, 3.8) is 0 Å². The lowest BCUT2D eigenvalue weighted by molar-refractivity contribution is 0.0727. The molecule has 0 aliphatic carbocycles. The zero-order valence-corrected chi connectivity index (χ0v) is 13.9. The van der Waals surface area contributed by atoms with Gasteiger partial charge in [0.15, 0.2) is 0 Å². The summed E-state index contributed by atoms with van der Waals surface area (Å²) in [6.45, 7) is 3.33. The number of rotatable bonds is 3. The van der Waals surface area contributed by atoms with Crippen LogP contribution in [0.1, 0.15) is 21.8 Å². The Bertz CT molecular complexity index is 886. The van der Waals surface area contributed by atoms with Crippen molar-refractivity contribution in [1.82, 2.24) is 9.88 Å². The number of oxazole rings is 1. The highest BCUT2D eigenvalue weighted by Crippen LogP contribution is 2.29. The molecule has 126 valence electrons. The number of carbonyl (C=O) groups is 1. The topological polar surface area (TPSA) is 55.6 Å². The van der Waals surface area contributed by atoms with E-state index < -0.39 is 0 Å². The highest BCUT2D eigenvalue weighted by Gasteiger charge is 2.25. The van der Waals surface area contributed by atoms with E-state index in [2.05, 4.69) is 36.2 Å². The molecule has 5 nitrogen and oxygen atoms in total. The van der Waals surface area contributed by atoms with Crippen molar-refractivity contribution in [1.29, 1.82) is 0 Å². The predicted molar refractivity (Wildman–Crippen MR) is 93.4 cm³/mol. The van der Waals surface area contributed by atoms with E-state index in [9.17, 15) is 4.79 Å². The first-order chi connectivity index (χ1) is 12.2. The summed E-state index contributed by atoms with van der Waals surface area (Å²) in [5.41, 5.74) is 3.84. The van der Waals surface area contributed by atoms with E-state index in [1.807, 2.05) is 18.2 Å². The second kappa shape index (κ2) is 6.43. The number of hydrogen-bond acceptors (Lipinski definition) is 4. The van der Waals surface area contributed by atoms with E-state index in [0.717, 1.165) is 11.1 Å². The minimum Gasteiger partial charge on any atom is -0.491 e. The zero-order chi connectivity index (χ0) is 17.2. The molecule has 2 aromatic carbocycles. The maximum Gasteiger partial charge on any atom is 0.258 e. The van der Waals surface area contributed by atoms with Crippen LogP contribution >= 0.6 is 0 Å². The second-order valence-electron chi connectivity index (χ2n) is 6.08. The van der Waals surface area contributed by atoms with E-state index >= 15 is 0 Å². The van der Waals surface area contributed by atoms with E-state index in [-0.39, 0.29) is 5.91 Å². The molecule has 1 aliphatic heterocycles. The summed E-state index contributed by atoms with van der Waals surface area (Å²) in [6.07, 6.45) is 3.09. The minimum absolute atomic E-state index is 0.0698. The molecule has 0 radical (unpaired) electrons. The van der Waals surface area contributed by atoms with Gasteiger partial charge in [-0.3, -0.25) is 4.79 Å². The van der Waals surface area contributed by atoms with Gasteiger partial charge < -0.3 is 14.1 Å². The number of fused-ring (bicyclic) bond motifs is 1. The van der Waals surface area contributed by atoms with Gasteiger partial charge in [-0.2, -0.15) is 0 Å². The average molecular weight is 334 g/mol. The smallest absolute Gasteiger partial charge is 0.258 e. The van der Waals surface area contributed by atoms with Crippen molar-refractivity contribution in [2.75, 3.05) is 13.2 Å². The Morgan fingerprint density at radius 3 is 2.68 bits per heavy atom. The van der Waals surface area contributed by atoms with Crippen molar-refractivity contribution in [3.8, 4) is 16.9 Å². The first kappa shape index (κ1) is 15.4. The Morgan fingerprint density at radius 1 is 1.12 bits per heavy atom. The van der Waals surface area contributed by atoms with Crippen LogP contribution in [0, 0.1) is 6.92 Å². The summed E-state index contributed by atoms with van der Waals surface area (Å²) >= 11 is 0. The third-order valence-corrected chi connectivity index (χ3v) is 4.31. The van der Waals surface area contributed by atoms with Crippen LogP contribution in [-0.4, -0.2) is 28.9 Å². The van der Waals surface area contributed by atoms with Gasteiger partial charge in [-0.05, 0) is 30.2 Å². The number of hydrogen-bond donors (Lipinski definition) is 0. The molecular weight excluding hydrogens is 316 g/mol. The molecule has 0 bridgehead atoms. The fraction of sp³-hybridized carbons (Fsp3) is 0.200. The zero-order valence-electron chi connectivity index (χ0n) is 13.9. The lowest BCUT2D eigenvalue weighted by Crippen LogP contribution is -2.32. The van der Waals surface area contributed by atoms with Gasteiger partial charge in [0.05, 0.1) is 24.8 Å². The molecule has 1 aromatic heterocycles. The summed E-state index contributed by atoms with van der Waals surface area (Å²) < 4.78 is 11.0. The molecule has 0 N–H and O–H groups in total. The maximum absolute atomic E-state index is 13.0. The summed E-state index contributed by atoms with van der Waals surface area (Å²) in [5.74, 6) is 1.07. The van der Waals surface area contributed by atoms with Gasteiger partial charge >= 0.3 is 0 Å². The number of benzene rings is 2. The van der Waals surface area contributed by atoms with Gasteiger partial charge in [-0.1, -0.05) is 35.9 Å². The van der Waals surface area contributed by atoms with Crippen LogP contribution in [0.5, 0.6) is 5.75 Å². The Morgan fingerprint density at radius 2 is 1.92 bits per heavy atom. The summed E-state index contributed by atoms with van der Waals surface area (Å²) in [6, 6.07) is 14.0. The summed E-state index contributed by atoms with van der Waals surface area (Å²) in [5, 5.41) is 0. The molecule has 2 heterocycles. The van der Waals surface area contributed by atoms with Crippen molar-refractivity contribution < 1.29 is 13.9 Å². The SMILES string of the molecule is Cc1ccc(-c2ccc3c(c2)C(=O)N(Cc2ncco2)CCO3)cc1. The lowest BCUT2D eigenvalue weighted by atomic mass is 10.0. The van der Waals surface area contributed by atoms with Crippen molar-refractivity contribution >= 4 is 5.91 Å². The molecule has 3 aromatic rings. The normalized spacial score (nSPS) is 14.0.